The van der Waals surface area contributed by atoms with Crippen LogP contribution < -0.4 is 10.1 Å². The minimum absolute atomic E-state index is 0.0259. The molecule has 2 aromatic carbocycles. The number of amides is 1. The first kappa shape index (κ1) is 15.4. The van der Waals surface area contributed by atoms with Crippen LogP contribution in [0.25, 0.3) is 0 Å². The number of halogens is 1. The monoisotopic (exact) mass is 349 g/mol. The highest BCUT2D eigenvalue weighted by Crippen LogP contribution is 2.35. The summed E-state index contributed by atoms with van der Waals surface area (Å²) in [5, 5.41) is 12.6. The van der Waals surface area contributed by atoms with E-state index < -0.39 is 0 Å². The zero-order valence-corrected chi connectivity index (χ0v) is 13.4. The van der Waals surface area contributed by atoms with E-state index in [0.717, 1.165) is 17.7 Å². The molecule has 0 heterocycles. The topological polar surface area (TPSA) is 58.6 Å². The van der Waals surface area contributed by atoms with Gasteiger partial charge in [0.15, 0.2) is 11.5 Å². The van der Waals surface area contributed by atoms with Crippen LogP contribution in [0.3, 0.4) is 0 Å². The van der Waals surface area contributed by atoms with Gasteiger partial charge in [-0.1, -0.05) is 19.1 Å². The summed E-state index contributed by atoms with van der Waals surface area (Å²) in [6.07, 6.45) is 0.905. The van der Waals surface area contributed by atoms with Crippen LogP contribution in [0.15, 0.2) is 40.9 Å². The van der Waals surface area contributed by atoms with E-state index in [1.54, 1.807) is 6.07 Å². The second-order valence-corrected chi connectivity index (χ2v) is 5.37. The number of nitrogens with one attached hydrogen (secondary N) is 1. The van der Waals surface area contributed by atoms with Crippen molar-refractivity contribution in [3.63, 3.8) is 0 Å². The zero-order chi connectivity index (χ0) is 15.4. The maximum Gasteiger partial charge on any atom is 0.255 e. The molecule has 2 rings (SSSR count). The highest BCUT2D eigenvalue weighted by Gasteiger charge is 2.14. The lowest BCUT2D eigenvalue weighted by molar-refractivity contribution is 0.102. The second kappa shape index (κ2) is 6.63. The maximum absolute atomic E-state index is 12.3. The lowest BCUT2D eigenvalue weighted by Gasteiger charge is -2.10. The number of carbonyl (C=O) groups is 1. The van der Waals surface area contributed by atoms with E-state index in [0.29, 0.717) is 10.0 Å². The Hall–Kier alpha value is -2.01. The number of benzene rings is 2. The number of ether oxygens (including phenoxy) is 1. The Labute approximate surface area is 131 Å². The van der Waals surface area contributed by atoms with Crippen LogP contribution in [0.1, 0.15) is 22.8 Å². The molecule has 1 amide bonds. The third-order valence-electron chi connectivity index (χ3n) is 3.10. The van der Waals surface area contributed by atoms with Crippen LogP contribution in [0.4, 0.5) is 5.69 Å². The average Bonchev–Trinajstić information content (AvgIpc) is 2.50. The summed E-state index contributed by atoms with van der Waals surface area (Å²) in [5.74, 6) is -0.0406. The third-order valence-corrected chi connectivity index (χ3v) is 3.71. The van der Waals surface area contributed by atoms with Crippen LogP contribution >= 0.6 is 15.9 Å². The predicted molar refractivity (Wildman–Crippen MR) is 86.1 cm³/mol. The van der Waals surface area contributed by atoms with Crippen molar-refractivity contribution in [3.05, 3.63) is 52.0 Å². The molecule has 2 aromatic rings. The SMILES string of the molecule is CCc1cccc(NC(=O)c2cc(Br)c(O)c(OC)c2)c1. The summed E-state index contributed by atoms with van der Waals surface area (Å²) in [6.45, 7) is 2.06. The number of rotatable bonds is 4. The highest BCUT2D eigenvalue weighted by molar-refractivity contribution is 9.10. The highest BCUT2D eigenvalue weighted by atomic mass is 79.9. The van der Waals surface area contributed by atoms with Crippen molar-refractivity contribution in [3.8, 4) is 11.5 Å². The van der Waals surface area contributed by atoms with Gasteiger partial charge in [0.05, 0.1) is 11.6 Å². The minimum atomic E-state index is -0.262. The number of aromatic hydroxyl groups is 1. The van der Waals surface area contributed by atoms with Crippen LogP contribution in [0, 0.1) is 0 Å². The summed E-state index contributed by atoms with van der Waals surface area (Å²) in [6, 6.07) is 10.7. The molecule has 0 saturated carbocycles. The van der Waals surface area contributed by atoms with Gasteiger partial charge in [0.2, 0.25) is 0 Å². The molecule has 0 bridgehead atoms. The molecule has 0 aliphatic rings. The van der Waals surface area contributed by atoms with Crippen molar-refractivity contribution in [2.45, 2.75) is 13.3 Å². The lowest BCUT2D eigenvalue weighted by Crippen LogP contribution is -2.12. The molecule has 110 valence electrons. The molecule has 0 saturated heterocycles. The Bertz CT molecular complexity index is 671. The number of hydrogen-bond acceptors (Lipinski definition) is 3. The van der Waals surface area contributed by atoms with Crippen molar-refractivity contribution in [1.82, 2.24) is 0 Å². The van der Waals surface area contributed by atoms with Gasteiger partial charge in [0.25, 0.3) is 5.91 Å². The number of carbonyl (C=O) groups excluding carboxylic acids is 1. The Morgan fingerprint density at radius 2 is 2.10 bits per heavy atom. The van der Waals surface area contributed by atoms with Crippen molar-refractivity contribution < 1.29 is 14.6 Å². The fourth-order valence-corrected chi connectivity index (χ4v) is 2.37. The summed E-state index contributed by atoms with van der Waals surface area (Å²) < 4.78 is 5.45. The summed E-state index contributed by atoms with van der Waals surface area (Å²) in [4.78, 5) is 12.3. The van der Waals surface area contributed by atoms with E-state index in [2.05, 4.69) is 28.2 Å². The van der Waals surface area contributed by atoms with Gasteiger partial charge in [0.1, 0.15) is 0 Å². The molecule has 0 aliphatic carbocycles. The van der Waals surface area contributed by atoms with Crippen molar-refractivity contribution >= 4 is 27.5 Å². The van der Waals surface area contributed by atoms with Crippen molar-refractivity contribution in [1.29, 1.82) is 0 Å². The molecule has 0 aromatic heterocycles. The first-order valence-electron chi connectivity index (χ1n) is 6.52. The smallest absolute Gasteiger partial charge is 0.255 e. The fourth-order valence-electron chi connectivity index (χ4n) is 1.93. The Morgan fingerprint density at radius 1 is 1.33 bits per heavy atom. The van der Waals surface area contributed by atoms with Crippen LogP contribution in [0.2, 0.25) is 0 Å². The number of phenols is 1. The van der Waals surface area contributed by atoms with E-state index in [4.69, 9.17) is 4.74 Å². The average molecular weight is 350 g/mol. The van der Waals surface area contributed by atoms with Gasteiger partial charge < -0.3 is 15.2 Å². The lowest BCUT2D eigenvalue weighted by atomic mass is 10.1. The largest absolute Gasteiger partial charge is 0.503 e. The number of methoxy groups -OCH3 is 1. The van der Waals surface area contributed by atoms with Gasteiger partial charge in [-0.2, -0.15) is 0 Å². The molecule has 4 nitrogen and oxygen atoms in total. The van der Waals surface area contributed by atoms with E-state index >= 15 is 0 Å². The van der Waals surface area contributed by atoms with E-state index in [1.165, 1.54) is 13.2 Å². The second-order valence-electron chi connectivity index (χ2n) is 4.52. The molecular formula is C16H16BrNO3. The third kappa shape index (κ3) is 3.55. The number of anilines is 1. The van der Waals surface area contributed by atoms with Crippen LogP contribution in [-0.2, 0) is 6.42 Å². The first-order chi connectivity index (χ1) is 10.0. The number of phenolic OH excluding ortho intramolecular Hbond substituents is 1. The molecule has 0 spiro atoms. The predicted octanol–water partition coefficient (Wildman–Crippen LogP) is 3.98. The van der Waals surface area contributed by atoms with E-state index in [-0.39, 0.29) is 17.4 Å². The molecule has 0 radical (unpaired) electrons. The first-order valence-corrected chi connectivity index (χ1v) is 7.31. The van der Waals surface area contributed by atoms with Gasteiger partial charge in [-0.25, -0.2) is 0 Å². The molecule has 5 heteroatoms. The van der Waals surface area contributed by atoms with Gasteiger partial charge in [-0.05, 0) is 52.2 Å². The van der Waals surface area contributed by atoms with E-state index in [9.17, 15) is 9.90 Å². The van der Waals surface area contributed by atoms with Crippen LogP contribution in [0.5, 0.6) is 11.5 Å². The van der Waals surface area contributed by atoms with Crippen molar-refractivity contribution in [2.24, 2.45) is 0 Å². The molecule has 0 aliphatic heterocycles. The van der Waals surface area contributed by atoms with Gasteiger partial charge in [-0.3, -0.25) is 4.79 Å². The van der Waals surface area contributed by atoms with Crippen molar-refractivity contribution in [2.75, 3.05) is 12.4 Å². The summed E-state index contributed by atoms with van der Waals surface area (Å²) in [5.41, 5.74) is 2.29. The fraction of sp³-hybridized carbons (Fsp3) is 0.188. The van der Waals surface area contributed by atoms with Gasteiger partial charge in [-0.15, -0.1) is 0 Å². The maximum atomic E-state index is 12.3. The zero-order valence-electron chi connectivity index (χ0n) is 11.8. The molecule has 0 unspecified atom stereocenters. The Kier molecular flexibility index (Phi) is 4.85. The quantitative estimate of drug-likeness (QED) is 0.877. The molecule has 0 atom stereocenters. The molecule has 0 fully saturated rings. The van der Waals surface area contributed by atoms with Gasteiger partial charge >= 0.3 is 0 Å². The summed E-state index contributed by atoms with van der Waals surface area (Å²) in [7, 11) is 1.44. The molecular weight excluding hydrogens is 334 g/mol. The minimum Gasteiger partial charge on any atom is -0.503 e. The standard InChI is InChI=1S/C16H16BrNO3/c1-3-10-5-4-6-12(7-10)18-16(20)11-8-13(17)15(19)14(9-11)21-2/h4-9,19H,3H2,1-2H3,(H,18,20). The molecule has 21 heavy (non-hydrogen) atoms. The number of hydrogen-bond donors (Lipinski definition) is 2. The van der Waals surface area contributed by atoms with Crippen LogP contribution in [-0.4, -0.2) is 18.1 Å². The Balaban J connectivity index is 2.26. The van der Waals surface area contributed by atoms with Gasteiger partial charge in [0, 0.05) is 11.3 Å². The summed E-state index contributed by atoms with van der Waals surface area (Å²) >= 11 is 3.20. The van der Waals surface area contributed by atoms with E-state index in [1.807, 2.05) is 24.3 Å². The molecule has 2 N–H and O–H groups in total. The number of aryl methyl sites for hydroxylation is 1. The Morgan fingerprint density at radius 3 is 2.76 bits per heavy atom. The normalized spacial score (nSPS) is 10.2.